The van der Waals surface area contributed by atoms with Crippen molar-refractivity contribution in [2.45, 2.75) is 11.8 Å². The van der Waals surface area contributed by atoms with Crippen molar-refractivity contribution in [1.82, 2.24) is 0 Å². The number of hydrogen-bond donors (Lipinski definition) is 1. The van der Waals surface area contributed by atoms with E-state index in [9.17, 15) is 9.18 Å². The van der Waals surface area contributed by atoms with Gasteiger partial charge in [0.15, 0.2) is 0 Å². The van der Waals surface area contributed by atoms with Gasteiger partial charge in [-0.3, -0.25) is 4.79 Å². The molecule has 0 radical (unpaired) electrons. The molecule has 104 valence electrons. The van der Waals surface area contributed by atoms with Gasteiger partial charge in [-0.2, -0.15) is 0 Å². The highest BCUT2D eigenvalue weighted by atomic mass is 35.5. The first-order valence-corrected chi connectivity index (χ1v) is 7.52. The summed E-state index contributed by atoms with van der Waals surface area (Å²) in [7, 11) is 0. The molecule has 0 fully saturated rings. The van der Waals surface area contributed by atoms with Gasteiger partial charge in [-0.05, 0) is 55.1 Å². The molecule has 2 nitrogen and oxygen atoms in total. The minimum Gasteiger partial charge on any atom is -0.322 e. The normalized spacial score (nSPS) is 10.4. The van der Waals surface area contributed by atoms with Gasteiger partial charge in [0.05, 0.1) is 10.6 Å². The number of halogens is 2. The maximum absolute atomic E-state index is 13.0. The predicted molar refractivity (Wildman–Crippen MR) is 82.3 cm³/mol. The zero-order chi connectivity index (χ0) is 14.7. The summed E-state index contributed by atoms with van der Waals surface area (Å²) in [6, 6.07) is 9.50. The van der Waals surface area contributed by atoms with Crippen molar-refractivity contribution in [3.63, 3.8) is 0 Å². The van der Waals surface area contributed by atoms with Crippen LogP contribution >= 0.6 is 23.4 Å². The van der Waals surface area contributed by atoms with Crippen molar-refractivity contribution in [2.75, 3.05) is 11.6 Å². The van der Waals surface area contributed by atoms with Gasteiger partial charge >= 0.3 is 0 Å². The fraction of sp³-hybridized carbons (Fsp3) is 0.133. The Kier molecular flexibility index (Phi) is 4.68. The quantitative estimate of drug-likeness (QED) is 0.828. The second-order valence-corrected chi connectivity index (χ2v) is 5.55. The van der Waals surface area contributed by atoms with Crippen LogP contribution in [0.15, 0.2) is 41.3 Å². The fourth-order valence-electron chi connectivity index (χ4n) is 1.76. The lowest BCUT2D eigenvalue weighted by atomic mass is 10.1. The molecule has 2 aromatic rings. The van der Waals surface area contributed by atoms with Crippen LogP contribution in [0.25, 0.3) is 0 Å². The van der Waals surface area contributed by atoms with E-state index in [0.29, 0.717) is 21.8 Å². The first-order chi connectivity index (χ1) is 9.51. The van der Waals surface area contributed by atoms with Crippen LogP contribution < -0.4 is 5.32 Å². The van der Waals surface area contributed by atoms with E-state index < -0.39 is 0 Å². The molecular weight excluding hydrogens is 297 g/mol. The number of nitrogens with one attached hydrogen (secondary N) is 1. The molecule has 0 aliphatic heterocycles. The summed E-state index contributed by atoms with van der Waals surface area (Å²) in [6.07, 6.45) is 1.93. The van der Waals surface area contributed by atoms with Crippen LogP contribution in [0.3, 0.4) is 0 Å². The molecule has 2 rings (SSSR count). The molecule has 1 N–H and O–H groups in total. The van der Waals surface area contributed by atoms with Gasteiger partial charge < -0.3 is 5.32 Å². The lowest BCUT2D eigenvalue weighted by Gasteiger charge is -2.10. The average molecular weight is 310 g/mol. The number of hydrogen-bond acceptors (Lipinski definition) is 2. The van der Waals surface area contributed by atoms with Crippen LogP contribution in [-0.2, 0) is 0 Å². The molecule has 2 aromatic carbocycles. The third-order valence-corrected chi connectivity index (χ3v) is 3.91. The van der Waals surface area contributed by atoms with Gasteiger partial charge in [0.25, 0.3) is 5.91 Å². The van der Waals surface area contributed by atoms with E-state index in [4.69, 9.17) is 11.6 Å². The van der Waals surface area contributed by atoms with Crippen molar-refractivity contribution in [3.05, 3.63) is 58.4 Å². The standard InChI is InChI=1S/C15H13ClFNOS/c1-9-7-10(17)3-6-14(9)18-15(19)12-8-11(20-2)4-5-13(12)16/h3-8H,1-2H3,(H,18,19). The van der Waals surface area contributed by atoms with E-state index in [0.717, 1.165) is 4.90 Å². The maximum atomic E-state index is 13.0. The smallest absolute Gasteiger partial charge is 0.257 e. The number of carbonyl (C=O) groups excluding carboxylic acids is 1. The van der Waals surface area contributed by atoms with Gasteiger partial charge in [-0.15, -0.1) is 11.8 Å². The molecule has 5 heteroatoms. The Bertz CT molecular complexity index is 660. The Hall–Kier alpha value is -1.52. The molecule has 0 aliphatic rings. The molecule has 0 heterocycles. The largest absolute Gasteiger partial charge is 0.322 e. The summed E-state index contributed by atoms with van der Waals surface area (Å²) in [4.78, 5) is 13.2. The van der Waals surface area contributed by atoms with Crippen molar-refractivity contribution in [1.29, 1.82) is 0 Å². The number of amides is 1. The fourth-order valence-corrected chi connectivity index (χ4v) is 2.41. The van der Waals surface area contributed by atoms with E-state index in [2.05, 4.69) is 5.32 Å². The molecule has 0 bridgehead atoms. The van der Waals surface area contributed by atoms with Crippen LogP contribution in [-0.4, -0.2) is 12.2 Å². The topological polar surface area (TPSA) is 29.1 Å². The second kappa shape index (κ2) is 6.29. The lowest BCUT2D eigenvalue weighted by molar-refractivity contribution is 0.102. The number of carbonyl (C=O) groups is 1. The van der Waals surface area contributed by atoms with E-state index >= 15 is 0 Å². The number of rotatable bonds is 3. The highest BCUT2D eigenvalue weighted by Gasteiger charge is 2.12. The third-order valence-electron chi connectivity index (χ3n) is 2.85. The second-order valence-electron chi connectivity index (χ2n) is 4.26. The Morgan fingerprint density at radius 3 is 2.65 bits per heavy atom. The van der Waals surface area contributed by atoms with Gasteiger partial charge in [-0.25, -0.2) is 4.39 Å². The van der Waals surface area contributed by atoms with Crippen LogP contribution in [0.5, 0.6) is 0 Å². The van der Waals surface area contributed by atoms with Crippen molar-refractivity contribution >= 4 is 35.0 Å². The Morgan fingerprint density at radius 2 is 2.00 bits per heavy atom. The number of anilines is 1. The van der Waals surface area contributed by atoms with E-state index in [1.807, 2.05) is 12.3 Å². The van der Waals surface area contributed by atoms with Crippen LogP contribution in [0.4, 0.5) is 10.1 Å². The van der Waals surface area contributed by atoms with Crippen molar-refractivity contribution < 1.29 is 9.18 Å². The third kappa shape index (κ3) is 3.32. The Labute approximate surface area is 126 Å². The summed E-state index contributed by atoms with van der Waals surface area (Å²) in [5.74, 6) is -0.636. The number of benzene rings is 2. The molecule has 0 atom stereocenters. The first kappa shape index (κ1) is 14.9. The SMILES string of the molecule is CSc1ccc(Cl)c(C(=O)Nc2ccc(F)cc2C)c1. The average Bonchev–Trinajstić information content (AvgIpc) is 2.42. The summed E-state index contributed by atoms with van der Waals surface area (Å²) >= 11 is 7.58. The zero-order valence-corrected chi connectivity index (χ0v) is 12.6. The van der Waals surface area contributed by atoms with Crippen LogP contribution in [0, 0.1) is 12.7 Å². The molecule has 1 amide bonds. The summed E-state index contributed by atoms with van der Waals surface area (Å²) < 4.78 is 13.0. The molecule has 20 heavy (non-hydrogen) atoms. The van der Waals surface area contributed by atoms with Crippen molar-refractivity contribution in [3.8, 4) is 0 Å². The number of aryl methyl sites for hydroxylation is 1. The van der Waals surface area contributed by atoms with E-state index in [-0.39, 0.29) is 11.7 Å². The molecule has 0 spiro atoms. The molecule has 0 saturated carbocycles. The summed E-state index contributed by atoms with van der Waals surface area (Å²) in [5.41, 5.74) is 1.64. The van der Waals surface area contributed by atoms with Gasteiger partial charge in [0.1, 0.15) is 5.82 Å². The molecule has 0 aromatic heterocycles. The lowest BCUT2D eigenvalue weighted by Crippen LogP contribution is -2.13. The maximum Gasteiger partial charge on any atom is 0.257 e. The molecule has 0 saturated heterocycles. The molecule has 0 aliphatic carbocycles. The van der Waals surface area contributed by atoms with Gasteiger partial charge in [0.2, 0.25) is 0 Å². The number of thioether (sulfide) groups is 1. The van der Waals surface area contributed by atoms with Gasteiger partial charge in [-0.1, -0.05) is 11.6 Å². The summed E-state index contributed by atoms with van der Waals surface area (Å²) in [5, 5.41) is 3.14. The van der Waals surface area contributed by atoms with E-state index in [1.54, 1.807) is 19.1 Å². The Morgan fingerprint density at radius 1 is 1.25 bits per heavy atom. The van der Waals surface area contributed by atoms with E-state index in [1.165, 1.54) is 30.0 Å². The summed E-state index contributed by atoms with van der Waals surface area (Å²) in [6.45, 7) is 1.73. The molecular formula is C15H13ClFNOS. The predicted octanol–water partition coefficient (Wildman–Crippen LogP) is 4.76. The van der Waals surface area contributed by atoms with Crippen LogP contribution in [0.1, 0.15) is 15.9 Å². The minimum atomic E-state index is -0.331. The van der Waals surface area contributed by atoms with Gasteiger partial charge in [0, 0.05) is 10.6 Å². The zero-order valence-electron chi connectivity index (χ0n) is 11.0. The highest BCUT2D eigenvalue weighted by molar-refractivity contribution is 7.98. The van der Waals surface area contributed by atoms with Crippen LogP contribution in [0.2, 0.25) is 5.02 Å². The monoisotopic (exact) mass is 309 g/mol. The molecule has 0 unspecified atom stereocenters. The first-order valence-electron chi connectivity index (χ1n) is 5.92. The van der Waals surface area contributed by atoms with Crippen molar-refractivity contribution in [2.24, 2.45) is 0 Å². The highest BCUT2D eigenvalue weighted by Crippen LogP contribution is 2.24. The minimum absolute atomic E-state index is 0.305. The Balaban J connectivity index is 2.28.